The molecule has 2 N–H and O–H groups in total. The van der Waals surface area contributed by atoms with E-state index in [0.29, 0.717) is 6.42 Å². The summed E-state index contributed by atoms with van der Waals surface area (Å²) in [7, 11) is 0. The van der Waals surface area contributed by atoms with Gasteiger partial charge in [-0.1, -0.05) is 33.4 Å². The summed E-state index contributed by atoms with van der Waals surface area (Å²) < 4.78 is 0. The lowest BCUT2D eigenvalue weighted by Crippen LogP contribution is -2.04. The van der Waals surface area contributed by atoms with Gasteiger partial charge in [0.05, 0.1) is 22.6 Å². The maximum atomic E-state index is 13.3. The maximum Gasteiger partial charge on any atom is 0.169 e. The Morgan fingerprint density at radius 1 is 1.00 bits per heavy atom. The zero-order chi connectivity index (χ0) is 26.2. The minimum atomic E-state index is 0.180. The van der Waals surface area contributed by atoms with E-state index < -0.39 is 0 Å². The normalized spacial score (nSPS) is 18.7. The number of nitrogens with zero attached hydrogens (tertiary/aromatic N) is 2. The Bertz CT molecular complexity index is 1710. The zero-order valence-electron chi connectivity index (χ0n) is 22.6. The number of nitrogens with one attached hydrogen (secondary N) is 2. The number of aryl methyl sites for hydroxylation is 2. The minimum absolute atomic E-state index is 0.180. The monoisotopic (exact) mass is 490 g/mol. The molecule has 0 fully saturated rings. The number of carbonyl (C=O) groups is 1. The van der Waals surface area contributed by atoms with Crippen molar-refractivity contribution in [1.82, 2.24) is 19.9 Å². The number of ketones is 1. The van der Waals surface area contributed by atoms with E-state index in [9.17, 15) is 4.79 Å². The molecule has 8 bridgehead atoms. The van der Waals surface area contributed by atoms with Gasteiger partial charge in [0, 0.05) is 57.2 Å². The number of hydrogen-bond donors (Lipinski definition) is 2. The lowest BCUT2D eigenvalue weighted by molar-refractivity contribution is 0.0999. The average molecular weight is 491 g/mol. The van der Waals surface area contributed by atoms with Crippen molar-refractivity contribution in [2.45, 2.75) is 72.6 Å². The molecule has 2 atom stereocenters. The molecular weight excluding hydrogens is 456 g/mol. The van der Waals surface area contributed by atoms with Crippen LogP contribution in [0.15, 0.2) is 24.8 Å². The van der Waals surface area contributed by atoms with Gasteiger partial charge in [-0.25, -0.2) is 4.98 Å². The van der Waals surface area contributed by atoms with E-state index in [1.54, 1.807) is 0 Å². The van der Waals surface area contributed by atoms with Gasteiger partial charge in [-0.15, -0.1) is 0 Å². The maximum absolute atomic E-state index is 13.3. The molecule has 5 nitrogen and oxygen atoms in total. The number of rotatable bonds is 3. The van der Waals surface area contributed by atoms with Gasteiger partial charge < -0.3 is 9.97 Å². The summed E-state index contributed by atoms with van der Waals surface area (Å²) in [6, 6.07) is 6.45. The first-order valence-electron chi connectivity index (χ1n) is 13.4. The van der Waals surface area contributed by atoms with E-state index in [-0.39, 0.29) is 17.6 Å². The lowest BCUT2D eigenvalue weighted by Gasteiger charge is -2.14. The van der Waals surface area contributed by atoms with E-state index in [1.807, 2.05) is 13.0 Å². The van der Waals surface area contributed by atoms with Crippen LogP contribution >= 0.6 is 0 Å². The average Bonchev–Trinajstić information content (AvgIpc) is 3.61. The van der Waals surface area contributed by atoms with E-state index in [2.05, 4.69) is 69.4 Å². The number of aromatic nitrogens is 4. The largest absolute Gasteiger partial charge is 0.355 e. The van der Waals surface area contributed by atoms with Gasteiger partial charge >= 0.3 is 0 Å². The van der Waals surface area contributed by atoms with Crippen molar-refractivity contribution >= 4 is 45.1 Å². The van der Waals surface area contributed by atoms with Crippen LogP contribution < -0.4 is 0 Å². The highest BCUT2D eigenvalue weighted by Crippen LogP contribution is 2.43. The van der Waals surface area contributed by atoms with E-state index in [4.69, 9.17) is 9.97 Å². The third-order valence-electron chi connectivity index (χ3n) is 8.79. The fraction of sp³-hybridized carbons (Fsp3) is 0.344. The zero-order valence-corrected chi connectivity index (χ0v) is 22.6. The number of aromatic amines is 2. The number of fused-ring (bicyclic) bond motifs is 8. The third kappa shape index (κ3) is 3.33. The summed E-state index contributed by atoms with van der Waals surface area (Å²) in [5, 5.41) is 0. The fourth-order valence-corrected chi connectivity index (χ4v) is 6.59. The topological polar surface area (TPSA) is 74.4 Å². The molecule has 5 heterocycles. The van der Waals surface area contributed by atoms with Gasteiger partial charge in [0.15, 0.2) is 5.78 Å². The summed E-state index contributed by atoms with van der Waals surface area (Å²) in [5.74, 6) is 0.721. The second-order valence-corrected chi connectivity index (χ2v) is 10.7. The lowest BCUT2D eigenvalue weighted by atomic mass is 9.87. The first-order chi connectivity index (χ1) is 17.8. The van der Waals surface area contributed by atoms with Crippen LogP contribution in [0.5, 0.6) is 0 Å². The van der Waals surface area contributed by atoms with Gasteiger partial charge in [-0.05, 0) is 74.1 Å². The predicted octanol–water partition coefficient (Wildman–Crippen LogP) is 7.95. The number of hydrogen-bond acceptors (Lipinski definition) is 3. The number of allylic oxidation sites excluding steroid dienone is 2. The Morgan fingerprint density at radius 3 is 2.43 bits per heavy atom. The molecular formula is C32H34N4O. The third-order valence-corrected chi connectivity index (χ3v) is 8.79. The number of carbonyl (C=O) groups excluding carboxylic acids is 1. The molecule has 6 rings (SSSR count). The first kappa shape index (κ1) is 23.7. The highest BCUT2D eigenvalue weighted by atomic mass is 16.1. The van der Waals surface area contributed by atoms with Crippen LogP contribution in [0.25, 0.3) is 39.3 Å². The fourth-order valence-electron chi connectivity index (χ4n) is 6.59. The minimum Gasteiger partial charge on any atom is -0.355 e. The molecule has 188 valence electrons. The Hall–Kier alpha value is -3.73. The molecule has 0 saturated carbocycles. The summed E-state index contributed by atoms with van der Waals surface area (Å²) in [6.45, 7) is 17.1. The van der Waals surface area contributed by atoms with Gasteiger partial charge in [-0.3, -0.25) is 9.78 Å². The summed E-state index contributed by atoms with van der Waals surface area (Å²) >= 11 is 0. The number of Topliss-reactive ketones (excluding diaryl/α,β-unsaturated/α-hetero) is 1. The molecule has 5 heteroatoms. The second-order valence-electron chi connectivity index (χ2n) is 10.7. The SMILES string of the molecule is C=Cc1c(C)c2cc3nc(c4c5[nH]c(cc6nc(cc1[nH]2)C(C)=C6CC)c(C)c5C(=O)C4)[C@@H](CC)[C@@H]3C. The standard InChI is InChI=1S/C32H34N4O/c1-8-19-15(4)23-12-25-17(6)21(10-3)31(35-25)22-11-29(37)30-18(7)26(36-32(22)30)14-28-20(9-2)16(5)24(34-28)13-27(19)33-23/h8,12-14,17,21,33,36H,1,9-11H2,2-7H3/t17-,21-/m0/s1. The van der Waals surface area contributed by atoms with Crippen molar-refractivity contribution in [3.05, 3.63) is 75.4 Å². The molecule has 0 amide bonds. The Balaban J connectivity index is 1.83. The van der Waals surface area contributed by atoms with Crippen LogP contribution in [0.3, 0.4) is 0 Å². The van der Waals surface area contributed by atoms with Crippen LogP contribution in [0.1, 0.15) is 108 Å². The van der Waals surface area contributed by atoms with Crippen molar-refractivity contribution < 1.29 is 4.79 Å². The molecule has 2 aliphatic heterocycles. The predicted molar refractivity (Wildman–Crippen MR) is 153 cm³/mol. The molecule has 37 heavy (non-hydrogen) atoms. The van der Waals surface area contributed by atoms with Gasteiger partial charge in [0.1, 0.15) is 0 Å². The van der Waals surface area contributed by atoms with Crippen molar-refractivity contribution in [3.63, 3.8) is 0 Å². The van der Waals surface area contributed by atoms with Crippen molar-refractivity contribution in [2.75, 3.05) is 0 Å². The smallest absolute Gasteiger partial charge is 0.169 e. The van der Waals surface area contributed by atoms with E-state index >= 15 is 0 Å². The van der Waals surface area contributed by atoms with Gasteiger partial charge in [-0.2, -0.15) is 0 Å². The van der Waals surface area contributed by atoms with Crippen LogP contribution in [0, 0.1) is 13.8 Å². The molecule has 0 unspecified atom stereocenters. The van der Waals surface area contributed by atoms with E-state index in [1.165, 1.54) is 11.1 Å². The molecule has 0 spiro atoms. The first-order valence-corrected chi connectivity index (χ1v) is 13.4. The van der Waals surface area contributed by atoms with Gasteiger partial charge in [0.2, 0.25) is 0 Å². The molecule has 0 saturated heterocycles. The van der Waals surface area contributed by atoms with Gasteiger partial charge in [0.25, 0.3) is 0 Å². The van der Waals surface area contributed by atoms with Crippen molar-refractivity contribution in [3.8, 4) is 0 Å². The molecule has 3 aromatic rings. The van der Waals surface area contributed by atoms with Crippen LogP contribution in [0.2, 0.25) is 0 Å². The highest BCUT2D eigenvalue weighted by Gasteiger charge is 2.34. The Morgan fingerprint density at radius 2 is 1.73 bits per heavy atom. The highest BCUT2D eigenvalue weighted by molar-refractivity contribution is 6.13. The molecule has 3 aliphatic rings. The second kappa shape index (κ2) is 8.41. The Kier molecular flexibility index (Phi) is 5.37. The van der Waals surface area contributed by atoms with Crippen LogP contribution in [0.4, 0.5) is 0 Å². The Labute approximate surface area is 217 Å². The summed E-state index contributed by atoms with van der Waals surface area (Å²) in [4.78, 5) is 30.8. The molecule has 1 aliphatic carbocycles. The summed E-state index contributed by atoms with van der Waals surface area (Å²) in [5.41, 5.74) is 15.6. The van der Waals surface area contributed by atoms with Crippen molar-refractivity contribution in [2.24, 2.45) is 0 Å². The van der Waals surface area contributed by atoms with E-state index in [0.717, 1.165) is 85.5 Å². The quantitative estimate of drug-likeness (QED) is 0.391. The van der Waals surface area contributed by atoms with Crippen LogP contribution in [-0.4, -0.2) is 25.7 Å². The summed E-state index contributed by atoms with van der Waals surface area (Å²) in [6.07, 6.45) is 4.20. The molecule has 3 aromatic heterocycles. The van der Waals surface area contributed by atoms with Crippen LogP contribution in [-0.2, 0) is 6.42 Å². The molecule has 0 aromatic carbocycles. The molecule has 0 radical (unpaired) electrons. The number of H-pyrrole nitrogens is 2. The van der Waals surface area contributed by atoms with Crippen molar-refractivity contribution in [1.29, 1.82) is 0 Å².